The lowest BCUT2D eigenvalue weighted by molar-refractivity contribution is 0.275. The van der Waals surface area contributed by atoms with Gasteiger partial charge >= 0.3 is 0 Å². The highest BCUT2D eigenvalue weighted by Crippen LogP contribution is 2.18. The summed E-state index contributed by atoms with van der Waals surface area (Å²) >= 11 is 0. The largest absolute Gasteiger partial charge is 0.481 e. The van der Waals surface area contributed by atoms with E-state index in [-0.39, 0.29) is 12.2 Å². The van der Waals surface area contributed by atoms with Gasteiger partial charge in [-0.05, 0) is 36.1 Å². The van der Waals surface area contributed by atoms with Crippen LogP contribution in [0.25, 0.3) is 0 Å². The number of anilines is 1. The van der Waals surface area contributed by atoms with Crippen LogP contribution in [0.3, 0.4) is 0 Å². The highest BCUT2D eigenvalue weighted by molar-refractivity contribution is 5.46. The molecule has 0 atom stereocenters. The number of H-pyrrole nitrogens is 1. The van der Waals surface area contributed by atoms with Crippen LogP contribution in [0.5, 0.6) is 5.88 Å². The second-order valence-corrected chi connectivity index (χ2v) is 5.25. The maximum atomic E-state index is 12.1. The molecule has 0 unspecified atom stereocenters. The number of nitrogens with one attached hydrogen (secondary N) is 2. The molecule has 2 aromatic rings. The first-order valence-corrected chi connectivity index (χ1v) is 7.74. The van der Waals surface area contributed by atoms with E-state index in [9.17, 15) is 9.90 Å². The van der Waals surface area contributed by atoms with Crippen molar-refractivity contribution in [1.82, 2.24) is 9.97 Å². The van der Waals surface area contributed by atoms with Gasteiger partial charge in [0.1, 0.15) is 5.69 Å². The molecule has 6 heteroatoms. The third-order valence-corrected chi connectivity index (χ3v) is 3.81. The third-order valence-electron chi connectivity index (χ3n) is 3.81. The van der Waals surface area contributed by atoms with Crippen LogP contribution >= 0.6 is 0 Å². The van der Waals surface area contributed by atoms with Gasteiger partial charge in [-0.1, -0.05) is 13.8 Å². The zero-order valence-corrected chi connectivity index (χ0v) is 13.8. The molecule has 23 heavy (non-hydrogen) atoms. The number of aliphatic hydroxyl groups excluding tert-OH is 1. The molecule has 3 N–H and O–H groups in total. The van der Waals surface area contributed by atoms with Crippen molar-refractivity contribution in [2.45, 2.75) is 39.8 Å². The lowest BCUT2D eigenvalue weighted by Crippen LogP contribution is -2.18. The van der Waals surface area contributed by atoms with Gasteiger partial charge in [-0.15, -0.1) is 0 Å². The fourth-order valence-corrected chi connectivity index (χ4v) is 2.44. The summed E-state index contributed by atoms with van der Waals surface area (Å²) in [5.41, 5.74) is 3.72. The van der Waals surface area contributed by atoms with E-state index in [1.165, 1.54) is 0 Å². The number of ether oxygens (including phenoxy) is 1. The number of pyridine rings is 2. The molecule has 0 aromatic carbocycles. The minimum absolute atomic E-state index is 0.172. The van der Waals surface area contributed by atoms with E-state index < -0.39 is 0 Å². The zero-order valence-electron chi connectivity index (χ0n) is 13.8. The Hall–Kier alpha value is -2.34. The number of aromatic nitrogens is 2. The van der Waals surface area contributed by atoms with Crippen molar-refractivity contribution in [3.63, 3.8) is 0 Å². The molecular weight excluding hydrogens is 294 g/mol. The Labute approximate surface area is 135 Å². The summed E-state index contributed by atoms with van der Waals surface area (Å²) in [7, 11) is 1.58. The molecule has 0 amide bonds. The second kappa shape index (κ2) is 7.78. The van der Waals surface area contributed by atoms with Crippen LogP contribution in [0.1, 0.15) is 36.2 Å². The van der Waals surface area contributed by atoms with Gasteiger partial charge in [0, 0.05) is 24.0 Å². The number of rotatable bonds is 7. The van der Waals surface area contributed by atoms with Crippen LogP contribution in [0, 0.1) is 0 Å². The molecule has 124 valence electrons. The van der Waals surface area contributed by atoms with Gasteiger partial charge in [0.2, 0.25) is 5.88 Å². The van der Waals surface area contributed by atoms with Crippen molar-refractivity contribution in [3.05, 3.63) is 51.1 Å². The van der Waals surface area contributed by atoms with Gasteiger partial charge in [0.15, 0.2) is 0 Å². The van der Waals surface area contributed by atoms with Crippen molar-refractivity contribution < 1.29 is 9.84 Å². The van der Waals surface area contributed by atoms with Crippen molar-refractivity contribution in [1.29, 1.82) is 0 Å². The Morgan fingerprint density at radius 3 is 2.65 bits per heavy atom. The molecule has 0 bridgehead atoms. The van der Waals surface area contributed by atoms with Crippen LogP contribution in [0.4, 0.5) is 5.69 Å². The number of aromatic amines is 1. The van der Waals surface area contributed by atoms with Gasteiger partial charge in [0.25, 0.3) is 5.56 Å². The summed E-state index contributed by atoms with van der Waals surface area (Å²) in [5, 5.41) is 12.4. The normalized spacial score (nSPS) is 10.6. The smallest absolute Gasteiger partial charge is 0.271 e. The Morgan fingerprint density at radius 1 is 1.26 bits per heavy atom. The van der Waals surface area contributed by atoms with E-state index in [2.05, 4.69) is 22.2 Å². The number of hydrogen-bond donors (Lipinski definition) is 3. The molecule has 0 fully saturated rings. The summed E-state index contributed by atoms with van der Waals surface area (Å²) in [6.45, 7) is 4.31. The number of methoxy groups -OCH3 is 1. The van der Waals surface area contributed by atoms with E-state index in [1.807, 2.05) is 13.0 Å². The third kappa shape index (κ3) is 3.90. The maximum Gasteiger partial charge on any atom is 0.271 e. The Balaban J connectivity index is 2.26. The topological polar surface area (TPSA) is 87.2 Å². The monoisotopic (exact) mass is 317 g/mol. The second-order valence-electron chi connectivity index (χ2n) is 5.25. The highest BCUT2D eigenvalue weighted by Gasteiger charge is 2.09. The van der Waals surface area contributed by atoms with Crippen molar-refractivity contribution >= 4 is 5.69 Å². The number of aliphatic hydroxyl groups is 1. The lowest BCUT2D eigenvalue weighted by atomic mass is 10.1. The van der Waals surface area contributed by atoms with Gasteiger partial charge in [-0.25, -0.2) is 4.98 Å². The molecule has 2 heterocycles. The molecule has 0 aliphatic carbocycles. The molecule has 6 nitrogen and oxygen atoms in total. The van der Waals surface area contributed by atoms with E-state index in [1.54, 1.807) is 19.4 Å². The molecular formula is C17H23N3O3. The Kier molecular flexibility index (Phi) is 5.76. The van der Waals surface area contributed by atoms with E-state index in [0.29, 0.717) is 23.8 Å². The van der Waals surface area contributed by atoms with Crippen molar-refractivity contribution in [2.75, 3.05) is 12.4 Å². The van der Waals surface area contributed by atoms with Gasteiger partial charge in [-0.2, -0.15) is 0 Å². The highest BCUT2D eigenvalue weighted by atomic mass is 16.5. The van der Waals surface area contributed by atoms with Crippen LogP contribution in [-0.2, 0) is 26.0 Å². The fraction of sp³-hybridized carbons (Fsp3) is 0.412. The summed E-state index contributed by atoms with van der Waals surface area (Å²) in [4.78, 5) is 19.1. The number of hydrogen-bond acceptors (Lipinski definition) is 5. The van der Waals surface area contributed by atoms with Crippen LogP contribution in [0.15, 0.2) is 23.1 Å². The molecule has 0 aliphatic rings. The van der Waals surface area contributed by atoms with E-state index in [4.69, 9.17) is 4.74 Å². The summed E-state index contributed by atoms with van der Waals surface area (Å²) < 4.78 is 5.27. The minimum Gasteiger partial charge on any atom is -0.481 e. The molecule has 0 spiro atoms. The minimum atomic E-state index is -0.246. The first-order valence-electron chi connectivity index (χ1n) is 7.74. The van der Waals surface area contributed by atoms with Gasteiger partial charge < -0.3 is 20.1 Å². The lowest BCUT2D eigenvalue weighted by Gasteiger charge is -2.12. The molecule has 0 radical (unpaired) electrons. The van der Waals surface area contributed by atoms with Crippen molar-refractivity contribution in [3.8, 4) is 5.88 Å². The van der Waals surface area contributed by atoms with Crippen LogP contribution in [0.2, 0.25) is 0 Å². The molecule has 0 aliphatic heterocycles. The summed E-state index contributed by atoms with van der Waals surface area (Å²) in [6.07, 6.45) is 3.41. The quantitative estimate of drug-likeness (QED) is 0.727. The average Bonchev–Trinajstić information content (AvgIpc) is 2.59. The predicted molar refractivity (Wildman–Crippen MR) is 89.9 cm³/mol. The molecule has 0 saturated carbocycles. The number of aryl methyl sites for hydroxylation is 2. The van der Waals surface area contributed by atoms with Crippen LogP contribution in [-0.4, -0.2) is 22.2 Å². The first kappa shape index (κ1) is 17.0. The summed E-state index contributed by atoms with van der Waals surface area (Å²) in [5.74, 6) is 0.550. The predicted octanol–water partition coefficient (Wildman–Crippen LogP) is 2.01. The Morgan fingerprint density at radius 2 is 2.04 bits per heavy atom. The number of nitrogens with zero attached hydrogens (tertiary/aromatic N) is 1. The average molecular weight is 317 g/mol. The molecule has 0 saturated heterocycles. The molecule has 2 aromatic heterocycles. The van der Waals surface area contributed by atoms with Crippen molar-refractivity contribution in [2.24, 2.45) is 0 Å². The summed E-state index contributed by atoms with van der Waals surface area (Å²) in [6, 6.07) is 3.81. The zero-order chi connectivity index (χ0) is 16.8. The fourth-order valence-electron chi connectivity index (χ4n) is 2.44. The maximum absolute atomic E-state index is 12.1. The standard InChI is InChI=1S/C17H23N3O3/c1-4-11-6-13(17(23-3)19-8-11)9-18-14-7-12(5-2)15(10-21)20-16(14)22/h6-8,18,21H,4-5,9-10H2,1-3H3,(H,20,22). The van der Waals surface area contributed by atoms with E-state index >= 15 is 0 Å². The Bertz CT molecular complexity index is 726. The van der Waals surface area contributed by atoms with Crippen LogP contribution < -0.4 is 15.6 Å². The molecule has 2 rings (SSSR count). The van der Waals surface area contributed by atoms with Gasteiger partial charge in [0.05, 0.1) is 13.7 Å². The SMILES string of the molecule is CCc1cnc(OC)c(CNc2cc(CC)c(CO)[nH]c2=O)c1. The first-order chi connectivity index (χ1) is 11.1. The van der Waals surface area contributed by atoms with E-state index in [0.717, 1.165) is 29.5 Å². The van der Waals surface area contributed by atoms with Gasteiger partial charge in [-0.3, -0.25) is 4.79 Å².